The van der Waals surface area contributed by atoms with Crippen molar-refractivity contribution in [1.82, 2.24) is 20.2 Å². The van der Waals surface area contributed by atoms with Crippen LogP contribution >= 0.6 is 11.6 Å². The molecule has 1 atom stereocenters. The second kappa shape index (κ2) is 3.96. The van der Waals surface area contributed by atoms with Gasteiger partial charge in [0.2, 0.25) is 5.82 Å². The highest BCUT2D eigenvalue weighted by Gasteiger charge is 2.09. The van der Waals surface area contributed by atoms with Gasteiger partial charge in [-0.3, -0.25) is 0 Å². The van der Waals surface area contributed by atoms with E-state index in [0.717, 1.165) is 0 Å². The Labute approximate surface area is 91.3 Å². The van der Waals surface area contributed by atoms with Crippen LogP contribution in [0.5, 0.6) is 0 Å². The zero-order valence-corrected chi connectivity index (χ0v) is 8.76. The topological polar surface area (TPSA) is 63.8 Å². The van der Waals surface area contributed by atoms with Gasteiger partial charge in [-0.1, -0.05) is 17.7 Å². The first kappa shape index (κ1) is 10.1. The van der Waals surface area contributed by atoms with E-state index < -0.39 is 6.10 Å². The summed E-state index contributed by atoms with van der Waals surface area (Å²) < 4.78 is 0. The molecule has 15 heavy (non-hydrogen) atoms. The number of aromatic nitrogens is 4. The van der Waals surface area contributed by atoms with Crippen LogP contribution in [0.15, 0.2) is 24.3 Å². The number of nitrogens with zero attached hydrogens (tertiary/aromatic N) is 4. The van der Waals surface area contributed by atoms with E-state index in [2.05, 4.69) is 15.4 Å². The van der Waals surface area contributed by atoms with Gasteiger partial charge in [-0.2, -0.15) is 0 Å². The molecule has 0 spiro atoms. The smallest absolute Gasteiger partial charge is 0.203 e. The minimum absolute atomic E-state index is 0.287. The van der Waals surface area contributed by atoms with Gasteiger partial charge in [0.05, 0.1) is 5.69 Å². The molecule has 0 aliphatic carbocycles. The minimum atomic E-state index is -0.724. The number of aliphatic hydroxyl groups excluding tert-OH is 1. The van der Waals surface area contributed by atoms with Crippen LogP contribution in [0.3, 0.4) is 0 Å². The molecular formula is C9H9ClN4O. The average molecular weight is 225 g/mol. The van der Waals surface area contributed by atoms with E-state index in [1.54, 1.807) is 31.2 Å². The monoisotopic (exact) mass is 224 g/mol. The van der Waals surface area contributed by atoms with E-state index >= 15 is 0 Å². The van der Waals surface area contributed by atoms with Crippen molar-refractivity contribution in [2.45, 2.75) is 13.0 Å². The van der Waals surface area contributed by atoms with Gasteiger partial charge in [0.1, 0.15) is 6.10 Å². The fraction of sp³-hybridized carbons (Fsp3) is 0.222. The molecule has 1 N–H and O–H groups in total. The van der Waals surface area contributed by atoms with Gasteiger partial charge >= 0.3 is 0 Å². The zero-order valence-electron chi connectivity index (χ0n) is 8.00. The van der Waals surface area contributed by atoms with Gasteiger partial charge in [-0.25, -0.2) is 0 Å². The van der Waals surface area contributed by atoms with Crippen molar-refractivity contribution in [3.05, 3.63) is 35.1 Å². The minimum Gasteiger partial charge on any atom is -0.385 e. The van der Waals surface area contributed by atoms with Crippen molar-refractivity contribution in [2.24, 2.45) is 0 Å². The summed E-state index contributed by atoms with van der Waals surface area (Å²) >= 11 is 5.83. The van der Waals surface area contributed by atoms with E-state index in [9.17, 15) is 5.11 Å². The highest BCUT2D eigenvalue weighted by molar-refractivity contribution is 6.30. The number of tetrazole rings is 1. The Morgan fingerprint density at radius 2 is 2.27 bits per heavy atom. The lowest BCUT2D eigenvalue weighted by Gasteiger charge is -1.98. The second-order valence-electron chi connectivity index (χ2n) is 3.09. The molecule has 0 saturated carbocycles. The Kier molecular flexibility index (Phi) is 2.66. The maximum absolute atomic E-state index is 9.23. The summed E-state index contributed by atoms with van der Waals surface area (Å²) in [4.78, 5) is 1.33. The molecule has 1 aromatic carbocycles. The Morgan fingerprint density at radius 3 is 2.87 bits per heavy atom. The maximum Gasteiger partial charge on any atom is 0.203 e. The third kappa shape index (κ3) is 2.14. The van der Waals surface area contributed by atoms with Gasteiger partial charge in [-0.05, 0) is 30.3 Å². The molecule has 2 rings (SSSR count). The lowest BCUT2D eigenvalue weighted by Crippen LogP contribution is -2.00. The summed E-state index contributed by atoms with van der Waals surface area (Å²) in [5.74, 6) is 0.287. The van der Waals surface area contributed by atoms with Crippen LogP contribution in [0.4, 0.5) is 0 Å². The summed E-state index contributed by atoms with van der Waals surface area (Å²) in [5.41, 5.74) is 0.710. The van der Waals surface area contributed by atoms with Crippen molar-refractivity contribution < 1.29 is 5.11 Å². The zero-order chi connectivity index (χ0) is 10.8. The average Bonchev–Trinajstić information content (AvgIpc) is 2.66. The predicted molar refractivity (Wildman–Crippen MR) is 54.8 cm³/mol. The summed E-state index contributed by atoms with van der Waals surface area (Å²) in [6.07, 6.45) is -0.724. The van der Waals surface area contributed by atoms with Crippen molar-refractivity contribution >= 4 is 11.6 Å². The molecule has 6 heteroatoms. The predicted octanol–water partition coefficient (Wildman–Crippen LogP) is 1.37. The standard InChI is InChI=1S/C9H9ClN4O/c1-6(15)9-11-13-14(12-9)8-4-2-3-7(10)5-8/h2-6,15H,1H3. The quantitative estimate of drug-likeness (QED) is 0.837. The molecule has 0 saturated heterocycles. The Bertz CT molecular complexity index is 469. The number of benzene rings is 1. The van der Waals surface area contributed by atoms with Crippen LogP contribution < -0.4 is 0 Å². The number of aliphatic hydroxyl groups is 1. The van der Waals surface area contributed by atoms with Crippen LogP contribution in [0.25, 0.3) is 5.69 Å². The van der Waals surface area contributed by atoms with Crippen molar-refractivity contribution in [3.63, 3.8) is 0 Å². The number of halogens is 1. The Balaban J connectivity index is 2.37. The van der Waals surface area contributed by atoms with E-state index in [-0.39, 0.29) is 5.82 Å². The second-order valence-corrected chi connectivity index (χ2v) is 3.53. The van der Waals surface area contributed by atoms with Crippen LogP contribution in [0, 0.1) is 0 Å². The van der Waals surface area contributed by atoms with Crippen molar-refractivity contribution in [3.8, 4) is 5.69 Å². The Morgan fingerprint density at radius 1 is 1.47 bits per heavy atom. The summed E-state index contributed by atoms with van der Waals surface area (Å²) in [5, 5.41) is 21.4. The molecule has 5 nitrogen and oxygen atoms in total. The summed E-state index contributed by atoms with van der Waals surface area (Å²) in [6.45, 7) is 1.58. The molecule has 0 radical (unpaired) electrons. The van der Waals surface area contributed by atoms with Crippen molar-refractivity contribution in [2.75, 3.05) is 0 Å². The lowest BCUT2D eigenvalue weighted by molar-refractivity contribution is 0.188. The number of rotatable bonds is 2. The molecule has 78 valence electrons. The van der Waals surface area contributed by atoms with Crippen LogP contribution in [-0.2, 0) is 0 Å². The van der Waals surface area contributed by atoms with Gasteiger partial charge in [0.15, 0.2) is 0 Å². The van der Waals surface area contributed by atoms with E-state index in [1.807, 2.05) is 0 Å². The highest BCUT2D eigenvalue weighted by atomic mass is 35.5. The van der Waals surface area contributed by atoms with Gasteiger partial charge < -0.3 is 5.11 Å². The molecular weight excluding hydrogens is 216 g/mol. The fourth-order valence-corrected chi connectivity index (χ4v) is 1.29. The van der Waals surface area contributed by atoms with Crippen LogP contribution in [0.1, 0.15) is 18.9 Å². The van der Waals surface area contributed by atoms with E-state index in [1.165, 1.54) is 4.80 Å². The normalized spacial score (nSPS) is 12.7. The third-order valence-electron chi connectivity index (χ3n) is 1.84. The van der Waals surface area contributed by atoms with E-state index in [4.69, 9.17) is 11.6 Å². The molecule has 0 aliphatic heterocycles. The lowest BCUT2D eigenvalue weighted by atomic mass is 10.3. The van der Waals surface area contributed by atoms with Gasteiger partial charge in [0.25, 0.3) is 0 Å². The molecule has 2 aromatic rings. The summed E-state index contributed by atoms with van der Waals surface area (Å²) in [6, 6.07) is 7.08. The number of hydrogen-bond acceptors (Lipinski definition) is 4. The highest BCUT2D eigenvalue weighted by Crippen LogP contribution is 2.13. The van der Waals surface area contributed by atoms with Gasteiger partial charge in [-0.15, -0.1) is 15.0 Å². The van der Waals surface area contributed by atoms with E-state index in [0.29, 0.717) is 10.7 Å². The number of hydrogen-bond donors (Lipinski definition) is 1. The first-order valence-electron chi connectivity index (χ1n) is 4.41. The van der Waals surface area contributed by atoms with Crippen LogP contribution in [0.2, 0.25) is 5.02 Å². The first-order valence-corrected chi connectivity index (χ1v) is 4.78. The molecule has 0 fully saturated rings. The van der Waals surface area contributed by atoms with Crippen molar-refractivity contribution in [1.29, 1.82) is 0 Å². The maximum atomic E-state index is 9.23. The first-order chi connectivity index (χ1) is 7.16. The SMILES string of the molecule is CC(O)c1nnn(-c2cccc(Cl)c2)n1. The molecule has 1 unspecified atom stereocenters. The third-order valence-corrected chi connectivity index (χ3v) is 2.08. The molecule has 0 aliphatic rings. The van der Waals surface area contributed by atoms with Crippen LogP contribution in [-0.4, -0.2) is 25.3 Å². The molecule has 0 amide bonds. The largest absolute Gasteiger partial charge is 0.385 e. The molecule has 1 heterocycles. The molecule has 1 aromatic heterocycles. The molecule has 0 bridgehead atoms. The summed E-state index contributed by atoms with van der Waals surface area (Å²) in [7, 11) is 0. The fourth-order valence-electron chi connectivity index (χ4n) is 1.10. The Hall–Kier alpha value is -1.46. The van der Waals surface area contributed by atoms with Gasteiger partial charge in [0, 0.05) is 5.02 Å².